The number of benzene rings is 2. The second-order valence-electron chi connectivity index (χ2n) is 7.10. The molecule has 8 heteroatoms. The number of halogens is 3. The Hall–Kier alpha value is -3.03. The monoisotopic (exact) mass is 403 g/mol. The van der Waals surface area contributed by atoms with Crippen LogP contribution in [0.25, 0.3) is 10.8 Å². The molecule has 1 aromatic heterocycles. The van der Waals surface area contributed by atoms with Crippen molar-refractivity contribution in [3.8, 4) is 5.75 Å². The highest BCUT2D eigenvalue weighted by molar-refractivity contribution is 5.84. The molecule has 0 saturated heterocycles. The number of hydrogen-bond donors (Lipinski definition) is 1. The van der Waals surface area contributed by atoms with Crippen LogP contribution in [0.5, 0.6) is 5.75 Å². The highest BCUT2D eigenvalue weighted by Crippen LogP contribution is 2.42. The number of nitrogens with zero attached hydrogens (tertiary/aromatic N) is 2. The number of nitrogens with one attached hydrogen (secondary N) is 1. The van der Waals surface area contributed by atoms with Gasteiger partial charge in [0.2, 0.25) is 0 Å². The molecule has 3 aromatic rings. The van der Waals surface area contributed by atoms with Gasteiger partial charge in [-0.1, -0.05) is 30.3 Å². The number of alkyl halides is 3. The van der Waals surface area contributed by atoms with Crippen LogP contribution >= 0.6 is 0 Å². The molecule has 1 fully saturated rings. The number of carbonyl (C=O) groups excluding carboxylic acids is 1. The molecule has 0 bridgehead atoms. The summed E-state index contributed by atoms with van der Waals surface area (Å²) in [5, 5.41) is 8.43. The second kappa shape index (κ2) is 7.77. The van der Waals surface area contributed by atoms with E-state index in [4.69, 9.17) is 4.74 Å². The van der Waals surface area contributed by atoms with E-state index < -0.39 is 11.9 Å². The fourth-order valence-corrected chi connectivity index (χ4v) is 3.21. The van der Waals surface area contributed by atoms with E-state index in [-0.39, 0.29) is 31.5 Å². The topological polar surface area (TPSA) is 56.1 Å². The summed E-state index contributed by atoms with van der Waals surface area (Å²) in [6.45, 7) is 0.197. The summed E-state index contributed by atoms with van der Waals surface area (Å²) in [7, 11) is 0. The summed E-state index contributed by atoms with van der Waals surface area (Å²) in [4.78, 5) is 12.0. The first-order valence-corrected chi connectivity index (χ1v) is 9.43. The van der Waals surface area contributed by atoms with Crippen LogP contribution in [-0.2, 0) is 17.5 Å². The van der Waals surface area contributed by atoms with E-state index in [1.807, 2.05) is 36.4 Å². The molecule has 1 saturated carbocycles. The molecule has 0 atom stereocenters. The predicted molar refractivity (Wildman–Crippen MR) is 102 cm³/mol. The third-order valence-electron chi connectivity index (χ3n) is 4.83. The Balaban J connectivity index is 1.29. The second-order valence-corrected chi connectivity index (χ2v) is 7.10. The van der Waals surface area contributed by atoms with Crippen molar-refractivity contribution in [2.75, 3.05) is 13.2 Å². The molecule has 1 amide bonds. The van der Waals surface area contributed by atoms with Gasteiger partial charge in [-0.2, -0.15) is 18.3 Å². The van der Waals surface area contributed by atoms with Crippen LogP contribution in [0.1, 0.15) is 30.1 Å². The molecule has 0 aliphatic heterocycles. The maximum atomic E-state index is 12.9. The van der Waals surface area contributed by atoms with Gasteiger partial charge in [0.25, 0.3) is 5.91 Å². The number of hydrogen-bond acceptors (Lipinski definition) is 3. The molecule has 0 spiro atoms. The number of amides is 1. The van der Waals surface area contributed by atoms with Crippen molar-refractivity contribution < 1.29 is 22.7 Å². The van der Waals surface area contributed by atoms with Crippen molar-refractivity contribution in [3.05, 3.63) is 59.9 Å². The molecule has 29 heavy (non-hydrogen) atoms. The number of ether oxygens (including phenoxy) is 1. The normalized spacial score (nSPS) is 14.2. The maximum Gasteiger partial charge on any atom is 0.435 e. The van der Waals surface area contributed by atoms with Crippen LogP contribution in [0.3, 0.4) is 0 Å². The molecule has 5 nitrogen and oxygen atoms in total. The highest BCUT2D eigenvalue weighted by Gasteiger charge is 2.37. The van der Waals surface area contributed by atoms with Crippen molar-refractivity contribution in [2.45, 2.75) is 31.5 Å². The first kappa shape index (κ1) is 19.3. The maximum absolute atomic E-state index is 12.9. The lowest BCUT2D eigenvalue weighted by molar-refractivity contribution is -0.141. The smallest absolute Gasteiger partial charge is 0.435 e. The van der Waals surface area contributed by atoms with Gasteiger partial charge in [-0.25, -0.2) is 0 Å². The van der Waals surface area contributed by atoms with Gasteiger partial charge in [0.1, 0.15) is 5.75 Å². The largest absolute Gasteiger partial charge is 0.484 e. The Morgan fingerprint density at radius 3 is 2.62 bits per heavy atom. The average molecular weight is 403 g/mol. The zero-order chi connectivity index (χ0) is 20.4. The predicted octanol–water partition coefficient (Wildman–Crippen LogP) is 4.13. The quantitative estimate of drug-likeness (QED) is 0.646. The Morgan fingerprint density at radius 1 is 1.14 bits per heavy atom. The lowest BCUT2D eigenvalue weighted by atomic mass is 10.1. The summed E-state index contributed by atoms with van der Waals surface area (Å²) >= 11 is 0. The Morgan fingerprint density at radius 2 is 1.90 bits per heavy atom. The molecule has 4 rings (SSSR count). The third kappa shape index (κ3) is 4.70. The molecular weight excluding hydrogens is 383 g/mol. The summed E-state index contributed by atoms with van der Waals surface area (Å²) in [5.41, 5.74) is -0.302. The van der Waals surface area contributed by atoms with Crippen molar-refractivity contribution >= 4 is 16.7 Å². The van der Waals surface area contributed by atoms with Crippen LogP contribution in [0.4, 0.5) is 13.2 Å². The fraction of sp³-hybridized carbons (Fsp3) is 0.333. The Kier molecular flexibility index (Phi) is 5.17. The lowest BCUT2D eigenvalue weighted by Crippen LogP contribution is -2.32. The van der Waals surface area contributed by atoms with Crippen LogP contribution in [-0.4, -0.2) is 28.8 Å². The van der Waals surface area contributed by atoms with E-state index in [1.165, 1.54) is 4.68 Å². The van der Waals surface area contributed by atoms with E-state index in [9.17, 15) is 18.0 Å². The molecule has 1 aliphatic rings. The van der Waals surface area contributed by atoms with Crippen LogP contribution in [0.2, 0.25) is 0 Å². The van der Waals surface area contributed by atoms with Gasteiger partial charge in [-0.15, -0.1) is 0 Å². The minimum absolute atomic E-state index is 0.130. The van der Waals surface area contributed by atoms with Gasteiger partial charge >= 0.3 is 6.18 Å². The van der Waals surface area contributed by atoms with Gasteiger partial charge in [0, 0.05) is 18.2 Å². The SMILES string of the molecule is O=C(COc1ccc2ccccc2c1)NCCn1nc(C(F)(F)F)cc1C1CC1. The summed E-state index contributed by atoms with van der Waals surface area (Å²) in [5.74, 6) is 0.372. The number of fused-ring (bicyclic) bond motifs is 1. The van der Waals surface area contributed by atoms with Crippen LogP contribution in [0.15, 0.2) is 48.5 Å². The van der Waals surface area contributed by atoms with Gasteiger partial charge in [0.15, 0.2) is 12.3 Å². The van der Waals surface area contributed by atoms with Gasteiger partial charge in [0.05, 0.1) is 6.54 Å². The van der Waals surface area contributed by atoms with Crippen molar-refractivity contribution in [1.82, 2.24) is 15.1 Å². The van der Waals surface area contributed by atoms with E-state index in [0.717, 1.165) is 29.7 Å². The first-order valence-electron chi connectivity index (χ1n) is 9.43. The molecule has 1 aliphatic carbocycles. The third-order valence-corrected chi connectivity index (χ3v) is 4.83. The van der Waals surface area contributed by atoms with Gasteiger partial charge in [-0.3, -0.25) is 9.48 Å². The van der Waals surface area contributed by atoms with Crippen molar-refractivity contribution in [2.24, 2.45) is 0 Å². The van der Waals surface area contributed by atoms with Crippen molar-refractivity contribution in [1.29, 1.82) is 0 Å². The zero-order valence-corrected chi connectivity index (χ0v) is 15.6. The lowest BCUT2D eigenvalue weighted by Gasteiger charge is -2.10. The molecule has 2 aromatic carbocycles. The van der Waals surface area contributed by atoms with Gasteiger partial charge in [-0.05, 0) is 41.8 Å². The summed E-state index contributed by atoms with van der Waals surface area (Å²) in [6, 6.07) is 14.5. The molecule has 0 unspecified atom stereocenters. The zero-order valence-electron chi connectivity index (χ0n) is 15.6. The average Bonchev–Trinajstić information content (AvgIpc) is 3.45. The van der Waals surface area contributed by atoms with Crippen LogP contribution < -0.4 is 10.1 Å². The molecular formula is C21H20F3N3O2. The van der Waals surface area contributed by atoms with E-state index in [2.05, 4.69) is 10.4 Å². The minimum Gasteiger partial charge on any atom is -0.484 e. The molecule has 0 radical (unpaired) electrons. The Labute approximate surface area is 165 Å². The first-order chi connectivity index (χ1) is 13.9. The van der Waals surface area contributed by atoms with Gasteiger partial charge < -0.3 is 10.1 Å². The fourth-order valence-electron chi connectivity index (χ4n) is 3.21. The molecule has 1 heterocycles. The van der Waals surface area contributed by atoms with Crippen molar-refractivity contribution in [3.63, 3.8) is 0 Å². The summed E-state index contributed by atoms with van der Waals surface area (Å²) < 4.78 is 45.6. The Bertz CT molecular complexity index is 1030. The van der Waals surface area contributed by atoms with Crippen LogP contribution in [0, 0.1) is 0 Å². The molecule has 152 valence electrons. The highest BCUT2D eigenvalue weighted by atomic mass is 19.4. The number of aromatic nitrogens is 2. The van der Waals surface area contributed by atoms with E-state index >= 15 is 0 Å². The van der Waals surface area contributed by atoms with E-state index in [0.29, 0.717) is 11.4 Å². The number of carbonyl (C=O) groups is 1. The minimum atomic E-state index is -4.47. The standard InChI is InChI=1S/C21H20F3N3O2/c22-21(23,24)19-12-18(15-5-6-15)27(26-19)10-9-25-20(28)13-29-17-8-7-14-3-1-2-4-16(14)11-17/h1-4,7-8,11-12,15H,5-6,9-10,13H2,(H,25,28). The molecule has 1 N–H and O–H groups in total. The summed E-state index contributed by atoms with van der Waals surface area (Å²) in [6.07, 6.45) is -2.73. The van der Waals surface area contributed by atoms with E-state index in [1.54, 1.807) is 6.07 Å². The number of rotatable bonds is 7.